The van der Waals surface area contributed by atoms with Crippen molar-refractivity contribution in [1.82, 2.24) is 4.98 Å². The van der Waals surface area contributed by atoms with Crippen molar-refractivity contribution >= 4 is 5.97 Å². The number of rotatable bonds is 5. The van der Waals surface area contributed by atoms with Gasteiger partial charge in [-0.2, -0.15) is 0 Å². The predicted octanol–water partition coefficient (Wildman–Crippen LogP) is 2.01. The van der Waals surface area contributed by atoms with Crippen molar-refractivity contribution < 1.29 is 14.3 Å². The third-order valence-corrected chi connectivity index (χ3v) is 3.97. The highest BCUT2D eigenvalue weighted by atomic mass is 16.5. The molecule has 1 aromatic heterocycles. The average Bonchev–Trinajstić information content (AvgIpc) is 2.52. The minimum atomic E-state index is -0.380. The van der Waals surface area contributed by atoms with Crippen molar-refractivity contribution in [3.63, 3.8) is 0 Å². The third-order valence-electron chi connectivity index (χ3n) is 3.97. The molecule has 1 saturated carbocycles. The Hall–Kier alpha value is -1.62. The van der Waals surface area contributed by atoms with Gasteiger partial charge in [0.1, 0.15) is 0 Å². The Morgan fingerprint density at radius 2 is 2.15 bits per heavy atom. The summed E-state index contributed by atoms with van der Waals surface area (Å²) < 4.78 is 10.4. The molecule has 5 heteroatoms. The summed E-state index contributed by atoms with van der Waals surface area (Å²) in [6.07, 6.45) is 6.39. The number of hydrogen-bond acceptors (Lipinski definition) is 5. The maximum atomic E-state index is 11.4. The first-order valence-corrected chi connectivity index (χ1v) is 7.12. The van der Waals surface area contributed by atoms with Gasteiger partial charge in [-0.1, -0.05) is 12.8 Å². The van der Waals surface area contributed by atoms with Crippen molar-refractivity contribution in [2.45, 2.75) is 25.7 Å². The summed E-state index contributed by atoms with van der Waals surface area (Å²) in [6, 6.07) is 3.23. The molecule has 20 heavy (non-hydrogen) atoms. The minimum Gasteiger partial charge on any atom is -0.477 e. The van der Waals surface area contributed by atoms with E-state index in [1.807, 2.05) is 0 Å². The van der Waals surface area contributed by atoms with Gasteiger partial charge in [-0.25, -0.2) is 9.78 Å². The zero-order valence-corrected chi connectivity index (χ0v) is 11.9. The number of carbonyl (C=O) groups excluding carboxylic acids is 1. The van der Waals surface area contributed by atoms with E-state index in [4.69, 9.17) is 10.5 Å². The molecular weight excluding hydrogens is 256 g/mol. The zero-order valence-electron chi connectivity index (χ0n) is 11.9. The summed E-state index contributed by atoms with van der Waals surface area (Å²) in [5.74, 6) is 1.11. The van der Waals surface area contributed by atoms with Crippen LogP contribution in [0.15, 0.2) is 18.3 Å². The van der Waals surface area contributed by atoms with Crippen LogP contribution in [0.25, 0.3) is 0 Å². The van der Waals surface area contributed by atoms with Crippen LogP contribution in [0.1, 0.15) is 36.0 Å². The second-order valence-corrected chi connectivity index (χ2v) is 5.23. The number of esters is 1. The van der Waals surface area contributed by atoms with Gasteiger partial charge in [-0.05, 0) is 37.3 Å². The fraction of sp³-hybridized carbons (Fsp3) is 0.600. The van der Waals surface area contributed by atoms with Crippen LogP contribution in [-0.4, -0.2) is 31.2 Å². The highest BCUT2D eigenvalue weighted by Gasteiger charge is 2.24. The lowest BCUT2D eigenvalue weighted by atomic mass is 9.80. The molecular formula is C15H22N2O3. The van der Waals surface area contributed by atoms with E-state index in [2.05, 4.69) is 9.72 Å². The SMILES string of the molecule is COC(=O)c1ccnc(OCC2CCCCC2CN)c1. The van der Waals surface area contributed by atoms with Crippen LogP contribution in [0.3, 0.4) is 0 Å². The highest BCUT2D eigenvalue weighted by molar-refractivity contribution is 5.89. The van der Waals surface area contributed by atoms with Crippen LogP contribution < -0.4 is 10.5 Å². The van der Waals surface area contributed by atoms with Crippen molar-refractivity contribution in [2.75, 3.05) is 20.3 Å². The Morgan fingerprint density at radius 1 is 1.40 bits per heavy atom. The first-order valence-electron chi connectivity index (χ1n) is 7.12. The molecule has 2 atom stereocenters. The number of pyridine rings is 1. The Morgan fingerprint density at radius 3 is 2.85 bits per heavy atom. The number of methoxy groups -OCH3 is 1. The van der Waals surface area contributed by atoms with Crippen molar-refractivity contribution in [2.24, 2.45) is 17.6 Å². The maximum Gasteiger partial charge on any atom is 0.338 e. The number of aromatic nitrogens is 1. The average molecular weight is 278 g/mol. The van der Waals surface area contributed by atoms with Gasteiger partial charge in [0.15, 0.2) is 0 Å². The smallest absolute Gasteiger partial charge is 0.338 e. The van der Waals surface area contributed by atoms with E-state index in [0.717, 1.165) is 6.42 Å². The summed E-state index contributed by atoms with van der Waals surface area (Å²) in [5, 5.41) is 0. The van der Waals surface area contributed by atoms with E-state index in [9.17, 15) is 4.79 Å². The second kappa shape index (κ2) is 7.24. The maximum absolute atomic E-state index is 11.4. The summed E-state index contributed by atoms with van der Waals surface area (Å²) in [7, 11) is 1.36. The van der Waals surface area contributed by atoms with Crippen LogP contribution in [0.4, 0.5) is 0 Å². The van der Waals surface area contributed by atoms with Gasteiger partial charge < -0.3 is 15.2 Å². The van der Waals surface area contributed by atoms with Gasteiger partial charge in [0, 0.05) is 12.3 Å². The Balaban J connectivity index is 1.94. The quantitative estimate of drug-likeness (QED) is 0.834. The number of ether oxygens (including phenoxy) is 2. The standard InChI is InChI=1S/C15H22N2O3/c1-19-15(18)11-6-7-17-14(8-11)20-10-13-5-3-2-4-12(13)9-16/h6-8,12-13H,2-5,9-10,16H2,1H3. The van der Waals surface area contributed by atoms with Crippen LogP contribution in [0, 0.1) is 11.8 Å². The van der Waals surface area contributed by atoms with Gasteiger partial charge in [0.2, 0.25) is 5.88 Å². The van der Waals surface area contributed by atoms with E-state index >= 15 is 0 Å². The van der Waals surface area contributed by atoms with E-state index in [-0.39, 0.29) is 5.97 Å². The summed E-state index contributed by atoms with van der Waals surface area (Å²) in [6.45, 7) is 1.32. The first kappa shape index (κ1) is 14.8. The van der Waals surface area contributed by atoms with Gasteiger partial charge in [-0.15, -0.1) is 0 Å². The summed E-state index contributed by atoms with van der Waals surface area (Å²) in [4.78, 5) is 15.6. The Bertz CT molecular complexity index is 450. The van der Waals surface area contributed by atoms with Crippen molar-refractivity contribution in [3.05, 3.63) is 23.9 Å². The molecule has 1 fully saturated rings. The van der Waals surface area contributed by atoms with Crippen LogP contribution in [-0.2, 0) is 4.74 Å². The molecule has 0 saturated heterocycles. The number of nitrogens with two attached hydrogens (primary N) is 1. The van der Waals surface area contributed by atoms with Gasteiger partial charge in [0.05, 0.1) is 19.3 Å². The number of hydrogen-bond donors (Lipinski definition) is 1. The van der Waals surface area contributed by atoms with Crippen LogP contribution in [0.2, 0.25) is 0 Å². The normalized spacial score (nSPS) is 22.3. The second-order valence-electron chi connectivity index (χ2n) is 5.23. The Kier molecular flexibility index (Phi) is 5.35. The van der Waals surface area contributed by atoms with E-state index in [1.165, 1.54) is 26.4 Å². The lowest BCUT2D eigenvalue weighted by Gasteiger charge is -2.30. The molecule has 2 N–H and O–H groups in total. The molecule has 2 rings (SSSR count). The zero-order chi connectivity index (χ0) is 14.4. The molecule has 0 radical (unpaired) electrons. The molecule has 5 nitrogen and oxygen atoms in total. The molecule has 1 aromatic rings. The summed E-state index contributed by atoms with van der Waals surface area (Å²) in [5.41, 5.74) is 6.27. The van der Waals surface area contributed by atoms with Crippen LogP contribution in [0.5, 0.6) is 5.88 Å². The molecule has 0 aromatic carbocycles. The molecule has 0 bridgehead atoms. The predicted molar refractivity (Wildman–Crippen MR) is 75.6 cm³/mol. The number of carbonyl (C=O) groups is 1. The van der Waals surface area contributed by atoms with E-state index in [1.54, 1.807) is 18.3 Å². The topological polar surface area (TPSA) is 74.4 Å². The molecule has 0 spiro atoms. The monoisotopic (exact) mass is 278 g/mol. The van der Waals surface area contributed by atoms with Crippen molar-refractivity contribution in [1.29, 1.82) is 0 Å². The third kappa shape index (κ3) is 3.70. The fourth-order valence-corrected chi connectivity index (χ4v) is 2.74. The minimum absolute atomic E-state index is 0.380. The molecule has 2 unspecified atom stereocenters. The fourth-order valence-electron chi connectivity index (χ4n) is 2.74. The molecule has 0 aliphatic heterocycles. The highest BCUT2D eigenvalue weighted by Crippen LogP contribution is 2.29. The molecule has 110 valence electrons. The summed E-state index contributed by atoms with van der Waals surface area (Å²) >= 11 is 0. The lowest BCUT2D eigenvalue weighted by Crippen LogP contribution is -2.30. The van der Waals surface area contributed by atoms with Gasteiger partial charge >= 0.3 is 5.97 Å². The first-order chi connectivity index (χ1) is 9.74. The molecule has 1 heterocycles. The Labute approximate surface area is 119 Å². The molecule has 1 aliphatic rings. The molecule has 0 amide bonds. The molecule has 1 aliphatic carbocycles. The number of nitrogens with zero attached hydrogens (tertiary/aromatic N) is 1. The van der Waals surface area contributed by atoms with Gasteiger partial charge in [0.25, 0.3) is 0 Å². The largest absolute Gasteiger partial charge is 0.477 e. The van der Waals surface area contributed by atoms with E-state index < -0.39 is 0 Å². The van der Waals surface area contributed by atoms with Crippen LogP contribution >= 0.6 is 0 Å². The lowest BCUT2D eigenvalue weighted by molar-refractivity contribution is 0.0599. The van der Waals surface area contributed by atoms with E-state index in [0.29, 0.717) is 36.4 Å². The van der Waals surface area contributed by atoms with Crippen molar-refractivity contribution in [3.8, 4) is 5.88 Å². The van der Waals surface area contributed by atoms with Gasteiger partial charge in [-0.3, -0.25) is 0 Å².